The number of hydrogen-bond acceptors (Lipinski definition) is 2. The third-order valence-corrected chi connectivity index (χ3v) is 0.524. The van der Waals surface area contributed by atoms with Gasteiger partial charge in [0.15, 0.2) is 0 Å². The zero-order valence-electron chi connectivity index (χ0n) is 2.76. The quantitative estimate of drug-likeness (QED) is 0.376. The first-order valence-electron chi connectivity index (χ1n) is 1.04. The van der Waals surface area contributed by atoms with Crippen molar-refractivity contribution in [2.45, 2.75) is 0 Å². The molecular formula is CH6MgO3Si. The third kappa shape index (κ3) is 8.87. The molecule has 34 valence electrons. The van der Waals surface area contributed by atoms with Crippen molar-refractivity contribution in [1.29, 1.82) is 0 Å². The average molecular weight is 118 g/mol. The molecule has 0 fully saturated rings. The van der Waals surface area contributed by atoms with Gasteiger partial charge in [0.25, 0.3) is 0 Å². The number of rotatable bonds is 0. The second kappa shape index (κ2) is 5.25. The van der Waals surface area contributed by atoms with Crippen LogP contribution in [-0.2, 0) is 4.43 Å². The van der Waals surface area contributed by atoms with Gasteiger partial charge >= 0.3 is 29.2 Å². The van der Waals surface area contributed by atoms with E-state index >= 15 is 0 Å². The summed E-state index contributed by atoms with van der Waals surface area (Å²) in [6.45, 7) is 0. The van der Waals surface area contributed by atoms with Crippen molar-refractivity contribution >= 4 is 39.7 Å². The van der Waals surface area contributed by atoms with Gasteiger partial charge in [-0.05, 0) is 0 Å². The van der Waals surface area contributed by atoms with Gasteiger partial charge in [0.2, 0.25) is 10.5 Å². The molecule has 0 aromatic heterocycles. The van der Waals surface area contributed by atoms with Crippen molar-refractivity contribution in [2.75, 3.05) is 0 Å². The van der Waals surface area contributed by atoms with E-state index in [2.05, 4.69) is 4.43 Å². The molecule has 0 saturated carbocycles. The molecule has 0 amide bonds. The highest BCUT2D eigenvalue weighted by molar-refractivity contribution is 6.03. The molecule has 0 heterocycles. The lowest BCUT2D eigenvalue weighted by Crippen LogP contribution is -1.92. The maximum Gasteiger partial charge on any atom is 0.491 e. The average Bonchev–Trinajstić information content (AvgIpc) is 1.38. The Balaban J connectivity index is 0. The lowest BCUT2D eigenvalue weighted by Gasteiger charge is -1.80. The second-order valence-corrected chi connectivity index (χ2v) is 0.878. The summed E-state index contributed by atoms with van der Waals surface area (Å²) in [6.07, 6.45) is -1.18. The summed E-state index contributed by atoms with van der Waals surface area (Å²) >= 11 is 0. The van der Waals surface area contributed by atoms with Gasteiger partial charge in [-0.15, -0.1) is 0 Å². The molecule has 0 aliphatic carbocycles. The third-order valence-electron chi connectivity index (χ3n) is 0.175. The van der Waals surface area contributed by atoms with Gasteiger partial charge in [-0.2, -0.15) is 0 Å². The van der Waals surface area contributed by atoms with Crippen LogP contribution in [0.25, 0.3) is 0 Å². The molecule has 0 bridgehead atoms. The minimum absolute atomic E-state index is 0. The smallest absolute Gasteiger partial charge is 0.491 e. The fraction of sp³-hybridized carbons (Fsp3) is 0. The predicted octanol–water partition coefficient (Wildman–Crippen LogP) is -1.95. The van der Waals surface area contributed by atoms with Crippen LogP contribution in [0.1, 0.15) is 0 Å². The first kappa shape index (κ1) is 9.54. The molecule has 0 aliphatic heterocycles. The van der Waals surface area contributed by atoms with E-state index in [-0.39, 0.29) is 33.5 Å². The zero-order chi connectivity index (χ0) is 4.28. The van der Waals surface area contributed by atoms with Gasteiger partial charge in [0, 0.05) is 0 Å². The fourth-order valence-electron chi connectivity index (χ4n) is 0. The minimum atomic E-state index is -1.18. The highest BCUT2D eigenvalue weighted by Crippen LogP contribution is 1.59. The molecule has 0 saturated heterocycles. The standard InChI is InChI=1S/CH4O3Si.Mg.2H/c2-1(3)4-5;;;/h5H3,(H,2,3);;;. The summed E-state index contributed by atoms with van der Waals surface area (Å²) in [7, 11) is 0.274. The van der Waals surface area contributed by atoms with Crippen LogP contribution in [0.3, 0.4) is 0 Å². The first-order valence-corrected chi connectivity index (χ1v) is 1.86. The summed E-state index contributed by atoms with van der Waals surface area (Å²) in [6, 6.07) is 0. The highest BCUT2D eigenvalue weighted by Gasteiger charge is 1.79. The molecule has 0 rings (SSSR count). The van der Waals surface area contributed by atoms with E-state index in [1.54, 1.807) is 0 Å². The van der Waals surface area contributed by atoms with Crippen molar-refractivity contribution in [1.82, 2.24) is 0 Å². The van der Waals surface area contributed by atoms with Crippen LogP contribution in [0, 0.1) is 0 Å². The molecule has 6 heavy (non-hydrogen) atoms. The topological polar surface area (TPSA) is 46.5 Å². The van der Waals surface area contributed by atoms with Crippen LogP contribution in [0.15, 0.2) is 0 Å². The van der Waals surface area contributed by atoms with E-state index in [1.807, 2.05) is 0 Å². The van der Waals surface area contributed by atoms with Gasteiger partial charge in [-0.3, -0.25) is 0 Å². The van der Waals surface area contributed by atoms with Crippen LogP contribution in [0.5, 0.6) is 0 Å². The molecule has 0 radical (unpaired) electrons. The summed E-state index contributed by atoms with van der Waals surface area (Å²) in [5.74, 6) is 0. The molecule has 0 unspecified atom stereocenters. The Morgan fingerprint density at radius 2 is 2.00 bits per heavy atom. The highest BCUT2D eigenvalue weighted by atomic mass is 28.2. The van der Waals surface area contributed by atoms with Gasteiger partial charge in [-0.1, -0.05) is 0 Å². The van der Waals surface area contributed by atoms with E-state index < -0.39 is 6.16 Å². The SMILES string of the molecule is O=C(O)O[SiH3].[MgH2]. The van der Waals surface area contributed by atoms with Crippen LogP contribution >= 0.6 is 0 Å². The van der Waals surface area contributed by atoms with Crippen molar-refractivity contribution in [3.63, 3.8) is 0 Å². The maximum atomic E-state index is 9.18. The molecule has 0 spiro atoms. The number of carboxylic acid groups (broad SMARTS) is 1. The van der Waals surface area contributed by atoms with Gasteiger partial charge in [-0.25, -0.2) is 4.79 Å². The Hall–Kier alpha value is 0.253. The molecule has 0 aliphatic rings. The second-order valence-electron chi connectivity index (χ2n) is 0.470. The van der Waals surface area contributed by atoms with Crippen LogP contribution in [0.4, 0.5) is 4.79 Å². The van der Waals surface area contributed by atoms with Crippen molar-refractivity contribution in [2.24, 2.45) is 0 Å². The molecule has 0 aromatic rings. The van der Waals surface area contributed by atoms with Gasteiger partial charge < -0.3 is 9.53 Å². The van der Waals surface area contributed by atoms with E-state index in [0.29, 0.717) is 0 Å². The lowest BCUT2D eigenvalue weighted by molar-refractivity contribution is 0.148. The Morgan fingerprint density at radius 1 is 1.83 bits per heavy atom. The summed E-state index contributed by atoms with van der Waals surface area (Å²) < 4.78 is 3.81. The molecule has 3 nitrogen and oxygen atoms in total. The predicted molar refractivity (Wildman–Crippen MR) is 27.6 cm³/mol. The van der Waals surface area contributed by atoms with Crippen molar-refractivity contribution in [3.05, 3.63) is 0 Å². The summed E-state index contributed by atoms with van der Waals surface area (Å²) in [4.78, 5) is 9.18. The van der Waals surface area contributed by atoms with Crippen LogP contribution < -0.4 is 0 Å². The molecule has 0 aromatic carbocycles. The van der Waals surface area contributed by atoms with E-state index in [1.165, 1.54) is 0 Å². The minimum Gasteiger partial charge on any atom is -0.499 e. The van der Waals surface area contributed by atoms with E-state index in [0.717, 1.165) is 0 Å². The fourth-order valence-corrected chi connectivity index (χ4v) is 0. The number of hydrogen-bond donors (Lipinski definition) is 1. The zero-order valence-corrected chi connectivity index (χ0v) is 4.76. The lowest BCUT2D eigenvalue weighted by atomic mass is 11.5. The van der Waals surface area contributed by atoms with E-state index in [4.69, 9.17) is 5.11 Å². The maximum absolute atomic E-state index is 9.18. The monoisotopic (exact) mass is 118 g/mol. The summed E-state index contributed by atoms with van der Waals surface area (Å²) in [5.41, 5.74) is 0. The molecule has 0 atom stereocenters. The van der Waals surface area contributed by atoms with Gasteiger partial charge in [0.05, 0.1) is 0 Å². The largest absolute Gasteiger partial charge is 0.499 e. The molecule has 5 heteroatoms. The van der Waals surface area contributed by atoms with Gasteiger partial charge in [0.1, 0.15) is 0 Å². The Kier molecular flexibility index (Phi) is 8.35. The Bertz CT molecular complexity index is 46.1. The van der Waals surface area contributed by atoms with Crippen molar-refractivity contribution in [3.8, 4) is 0 Å². The van der Waals surface area contributed by atoms with Crippen LogP contribution in [0.2, 0.25) is 0 Å². The summed E-state index contributed by atoms with van der Waals surface area (Å²) in [5, 5.41) is 7.53. The Morgan fingerprint density at radius 3 is 2.00 bits per heavy atom. The first-order chi connectivity index (χ1) is 2.27. The Labute approximate surface area is 54.4 Å². The molecular weight excluding hydrogens is 112 g/mol. The van der Waals surface area contributed by atoms with E-state index in [9.17, 15) is 4.79 Å². The normalized spacial score (nSPS) is 6.00. The van der Waals surface area contributed by atoms with Crippen LogP contribution in [-0.4, -0.2) is 44.8 Å². The molecule has 1 N–H and O–H groups in total. The number of carbonyl (C=O) groups is 1. The van der Waals surface area contributed by atoms with Crippen molar-refractivity contribution < 1.29 is 14.3 Å².